The first-order valence-electron chi connectivity index (χ1n) is 5.74. The summed E-state index contributed by atoms with van der Waals surface area (Å²) >= 11 is 0. The first-order valence-corrected chi connectivity index (χ1v) is 5.74. The molecule has 3 heteroatoms. The Kier molecular flexibility index (Phi) is 3.36. The first-order chi connectivity index (χ1) is 7.66. The van der Waals surface area contributed by atoms with E-state index < -0.39 is 0 Å². The molecule has 1 fully saturated rings. The number of piperidine rings is 1. The van der Waals surface area contributed by atoms with E-state index in [4.69, 9.17) is 5.73 Å². The fraction of sp³-hybridized carbons (Fsp3) is 0.462. The molecule has 0 spiro atoms. The summed E-state index contributed by atoms with van der Waals surface area (Å²) < 4.78 is 0. The maximum atomic E-state index is 11.2. The zero-order valence-corrected chi connectivity index (χ0v) is 9.57. The molecule has 1 heterocycles. The summed E-state index contributed by atoms with van der Waals surface area (Å²) in [4.78, 5) is 11.2. The molecule has 16 heavy (non-hydrogen) atoms. The Morgan fingerprint density at radius 2 is 2.00 bits per heavy atom. The van der Waals surface area contributed by atoms with Crippen molar-refractivity contribution >= 4 is 5.78 Å². The van der Waals surface area contributed by atoms with Gasteiger partial charge in [0.05, 0.1) is 0 Å². The van der Waals surface area contributed by atoms with E-state index in [0.717, 1.165) is 25.1 Å². The molecule has 86 valence electrons. The highest BCUT2D eigenvalue weighted by molar-refractivity contribution is 5.94. The standard InChI is InChI=1S/C13H18N2O/c1-9(16)10-2-4-11(5-3-10)12-6-13(14)8-15-7-12/h2-5,12-13,15H,6-8,14H2,1H3. The molecule has 0 aliphatic carbocycles. The van der Waals surface area contributed by atoms with Crippen LogP contribution in [0.3, 0.4) is 0 Å². The van der Waals surface area contributed by atoms with Crippen LogP contribution in [0.15, 0.2) is 24.3 Å². The monoisotopic (exact) mass is 218 g/mol. The van der Waals surface area contributed by atoms with Gasteiger partial charge in [-0.25, -0.2) is 0 Å². The van der Waals surface area contributed by atoms with Gasteiger partial charge in [0.1, 0.15) is 0 Å². The minimum atomic E-state index is 0.116. The zero-order valence-electron chi connectivity index (χ0n) is 9.57. The van der Waals surface area contributed by atoms with Crippen molar-refractivity contribution in [2.75, 3.05) is 13.1 Å². The van der Waals surface area contributed by atoms with Crippen LogP contribution >= 0.6 is 0 Å². The SMILES string of the molecule is CC(=O)c1ccc(C2CNCC(N)C2)cc1. The Labute approximate surface area is 96.0 Å². The number of benzene rings is 1. The lowest BCUT2D eigenvalue weighted by Crippen LogP contribution is -2.43. The molecule has 2 unspecified atom stereocenters. The van der Waals surface area contributed by atoms with Gasteiger partial charge >= 0.3 is 0 Å². The molecule has 3 nitrogen and oxygen atoms in total. The summed E-state index contributed by atoms with van der Waals surface area (Å²) in [6, 6.07) is 8.13. The van der Waals surface area contributed by atoms with Gasteiger partial charge in [0, 0.05) is 24.7 Å². The van der Waals surface area contributed by atoms with Crippen molar-refractivity contribution in [2.24, 2.45) is 5.73 Å². The van der Waals surface area contributed by atoms with Gasteiger partial charge in [-0.05, 0) is 24.8 Å². The van der Waals surface area contributed by atoms with Crippen LogP contribution < -0.4 is 11.1 Å². The Hall–Kier alpha value is -1.19. The molecular formula is C13H18N2O. The maximum absolute atomic E-state index is 11.2. The number of nitrogens with one attached hydrogen (secondary N) is 1. The molecule has 0 amide bonds. The molecule has 2 rings (SSSR count). The van der Waals surface area contributed by atoms with E-state index in [1.165, 1.54) is 5.56 Å². The van der Waals surface area contributed by atoms with Crippen LogP contribution in [0, 0.1) is 0 Å². The molecule has 0 radical (unpaired) electrons. The van der Waals surface area contributed by atoms with Crippen LogP contribution in [-0.4, -0.2) is 24.9 Å². The van der Waals surface area contributed by atoms with E-state index >= 15 is 0 Å². The fourth-order valence-electron chi connectivity index (χ4n) is 2.22. The zero-order chi connectivity index (χ0) is 11.5. The Bertz CT molecular complexity index is 372. The van der Waals surface area contributed by atoms with E-state index in [9.17, 15) is 4.79 Å². The van der Waals surface area contributed by atoms with Gasteiger partial charge in [0.2, 0.25) is 0 Å². The van der Waals surface area contributed by atoms with Crippen LogP contribution in [0.4, 0.5) is 0 Å². The largest absolute Gasteiger partial charge is 0.327 e. The molecule has 0 bridgehead atoms. The van der Waals surface area contributed by atoms with E-state index in [0.29, 0.717) is 5.92 Å². The molecule has 0 saturated carbocycles. The third-order valence-electron chi connectivity index (χ3n) is 3.17. The van der Waals surface area contributed by atoms with Crippen molar-refractivity contribution < 1.29 is 4.79 Å². The van der Waals surface area contributed by atoms with Crippen LogP contribution in [0.2, 0.25) is 0 Å². The van der Waals surface area contributed by atoms with Crippen LogP contribution in [-0.2, 0) is 0 Å². The highest BCUT2D eigenvalue weighted by Gasteiger charge is 2.20. The molecular weight excluding hydrogens is 200 g/mol. The fourth-order valence-corrected chi connectivity index (χ4v) is 2.22. The van der Waals surface area contributed by atoms with Gasteiger partial charge < -0.3 is 11.1 Å². The van der Waals surface area contributed by atoms with Crippen molar-refractivity contribution in [3.63, 3.8) is 0 Å². The van der Waals surface area contributed by atoms with Gasteiger partial charge in [0.25, 0.3) is 0 Å². The summed E-state index contributed by atoms with van der Waals surface area (Å²) in [5, 5.41) is 3.33. The van der Waals surface area contributed by atoms with Crippen molar-refractivity contribution in [1.82, 2.24) is 5.32 Å². The third-order valence-corrected chi connectivity index (χ3v) is 3.17. The molecule has 1 aliphatic rings. The number of carbonyl (C=O) groups is 1. The van der Waals surface area contributed by atoms with Crippen molar-refractivity contribution in [2.45, 2.75) is 25.3 Å². The van der Waals surface area contributed by atoms with Crippen LogP contribution in [0.25, 0.3) is 0 Å². The van der Waals surface area contributed by atoms with E-state index in [1.807, 2.05) is 24.3 Å². The molecule has 1 saturated heterocycles. The minimum Gasteiger partial charge on any atom is -0.327 e. The number of hydrogen-bond acceptors (Lipinski definition) is 3. The summed E-state index contributed by atoms with van der Waals surface area (Å²) in [5.74, 6) is 0.592. The van der Waals surface area contributed by atoms with Crippen molar-refractivity contribution in [3.8, 4) is 0 Å². The summed E-state index contributed by atoms with van der Waals surface area (Å²) in [7, 11) is 0. The number of Topliss-reactive ketones (excluding diaryl/α,β-unsaturated/α-hetero) is 1. The Morgan fingerprint density at radius 1 is 1.31 bits per heavy atom. The number of hydrogen-bond donors (Lipinski definition) is 2. The third kappa shape index (κ3) is 2.49. The van der Waals surface area contributed by atoms with E-state index in [-0.39, 0.29) is 11.8 Å². The predicted molar refractivity (Wildman–Crippen MR) is 64.6 cm³/mol. The predicted octanol–water partition coefficient (Wildman–Crippen LogP) is 1.29. The maximum Gasteiger partial charge on any atom is 0.159 e. The topological polar surface area (TPSA) is 55.1 Å². The Balaban J connectivity index is 2.11. The van der Waals surface area contributed by atoms with Gasteiger partial charge in [-0.15, -0.1) is 0 Å². The van der Waals surface area contributed by atoms with E-state index in [2.05, 4.69) is 5.32 Å². The average molecular weight is 218 g/mol. The van der Waals surface area contributed by atoms with Gasteiger partial charge in [-0.2, -0.15) is 0 Å². The average Bonchev–Trinajstić information content (AvgIpc) is 2.29. The molecule has 1 aliphatic heterocycles. The highest BCUT2D eigenvalue weighted by Crippen LogP contribution is 2.23. The van der Waals surface area contributed by atoms with Gasteiger partial charge in [-0.1, -0.05) is 24.3 Å². The second-order valence-corrected chi connectivity index (χ2v) is 4.53. The summed E-state index contributed by atoms with van der Waals surface area (Å²) in [6.45, 7) is 3.47. The molecule has 2 atom stereocenters. The Morgan fingerprint density at radius 3 is 2.56 bits per heavy atom. The number of nitrogens with two attached hydrogens (primary N) is 1. The lowest BCUT2D eigenvalue weighted by atomic mass is 9.89. The second kappa shape index (κ2) is 4.76. The molecule has 1 aromatic rings. The first kappa shape index (κ1) is 11.3. The number of ketones is 1. The van der Waals surface area contributed by atoms with E-state index in [1.54, 1.807) is 6.92 Å². The van der Waals surface area contributed by atoms with Crippen LogP contribution in [0.5, 0.6) is 0 Å². The summed E-state index contributed by atoms with van der Waals surface area (Å²) in [5.41, 5.74) is 7.97. The number of carbonyl (C=O) groups excluding carboxylic acids is 1. The lowest BCUT2D eigenvalue weighted by molar-refractivity contribution is 0.101. The summed E-state index contributed by atoms with van der Waals surface area (Å²) in [6.07, 6.45) is 1.02. The highest BCUT2D eigenvalue weighted by atomic mass is 16.1. The van der Waals surface area contributed by atoms with Crippen molar-refractivity contribution in [1.29, 1.82) is 0 Å². The van der Waals surface area contributed by atoms with Gasteiger partial charge in [0.15, 0.2) is 5.78 Å². The quantitative estimate of drug-likeness (QED) is 0.735. The van der Waals surface area contributed by atoms with Gasteiger partial charge in [-0.3, -0.25) is 4.79 Å². The van der Waals surface area contributed by atoms with Crippen LogP contribution in [0.1, 0.15) is 35.2 Å². The van der Waals surface area contributed by atoms with Crippen molar-refractivity contribution in [3.05, 3.63) is 35.4 Å². The minimum absolute atomic E-state index is 0.116. The second-order valence-electron chi connectivity index (χ2n) is 4.53. The normalized spacial score (nSPS) is 25.4. The smallest absolute Gasteiger partial charge is 0.159 e. The molecule has 3 N–H and O–H groups in total. The molecule has 1 aromatic carbocycles. The lowest BCUT2D eigenvalue weighted by Gasteiger charge is -2.28. The molecule has 0 aromatic heterocycles. The number of rotatable bonds is 2.